The maximum atomic E-state index is 11.5. The SMILES string of the molecule is CCC(N)(C=O)CCN(CCCCC1=C(\C)CCC2=C(/C=C\1)CCCN2)CCOc1ccccc1. The molecular weight excluding hydrogens is 434 g/mol. The molecule has 0 bridgehead atoms. The molecular formula is C30H45N3O2. The zero-order valence-electron chi connectivity index (χ0n) is 21.9. The van der Waals surface area contributed by atoms with Crippen molar-refractivity contribution in [3.05, 3.63) is 64.9 Å². The summed E-state index contributed by atoms with van der Waals surface area (Å²) in [6.45, 7) is 8.67. The molecule has 0 radical (unpaired) electrons. The van der Waals surface area contributed by atoms with Crippen molar-refractivity contribution in [2.75, 3.05) is 32.8 Å². The van der Waals surface area contributed by atoms with E-state index in [0.29, 0.717) is 19.4 Å². The lowest BCUT2D eigenvalue weighted by molar-refractivity contribution is -0.112. The number of hydrogen-bond donors (Lipinski definition) is 2. The fourth-order valence-electron chi connectivity index (χ4n) is 4.81. The number of ether oxygens (including phenoxy) is 1. The molecule has 3 rings (SSSR count). The molecule has 0 saturated heterocycles. The van der Waals surface area contributed by atoms with Crippen LogP contribution in [0.1, 0.15) is 71.6 Å². The average Bonchev–Trinajstić information content (AvgIpc) is 2.89. The molecule has 5 heteroatoms. The quantitative estimate of drug-likeness (QED) is 0.271. The molecule has 1 aliphatic carbocycles. The molecule has 1 aromatic carbocycles. The van der Waals surface area contributed by atoms with E-state index in [1.54, 1.807) is 0 Å². The van der Waals surface area contributed by atoms with E-state index in [4.69, 9.17) is 10.5 Å². The normalized spacial score (nSPS) is 20.9. The number of nitrogens with one attached hydrogen (secondary N) is 1. The van der Waals surface area contributed by atoms with Gasteiger partial charge in [0.2, 0.25) is 0 Å². The minimum absolute atomic E-state index is 0.632. The van der Waals surface area contributed by atoms with Gasteiger partial charge in [-0.15, -0.1) is 0 Å². The Balaban J connectivity index is 1.50. The van der Waals surface area contributed by atoms with Gasteiger partial charge in [0.15, 0.2) is 0 Å². The molecule has 5 nitrogen and oxygen atoms in total. The van der Waals surface area contributed by atoms with Crippen molar-refractivity contribution < 1.29 is 9.53 Å². The van der Waals surface area contributed by atoms with Gasteiger partial charge in [0.05, 0.1) is 5.54 Å². The Labute approximate surface area is 212 Å². The van der Waals surface area contributed by atoms with Crippen molar-refractivity contribution in [2.45, 2.75) is 77.2 Å². The van der Waals surface area contributed by atoms with Gasteiger partial charge in [-0.05, 0) is 94.5 Å². The van der Waals surface area contributed by atoms with Crippen LogP contribution in [0.5, 0.6) is 5.75 Å². The van der Waals surface area contributed by atoms with Crippen LogP contribution in [-0.4, -0.2) is 49.5 Å². The number of nitrogens with zero attached hydrogens (tertiary/aromatic N) is 1. The lowest BCUT2D eigenvalue weighted by atomic mass is 9.91. The van der Waals surface area contributed by atoms with E-state index in [0.717, 1.165) is 70.3 Å². The first-order valence-electron chi connectivity index (χ1n) is 13.5. The van der Waals surface area contributed by atoms with Gasteiger partial charge in [0.25, 0.3) is 0 Å². The van der Waals surface area contributed by atoms with Crippen LogP contribution in [0.2, 0.25) is 0 Å². The van der Waals surface area contributed by atoms with E-state index in [1.807, 2.05) is 37.3 Å². The molecule has 1 unspecified atom stereocenters. The van der Waals surface area contributed by atoms with Crippen LogP contribution in [0.4, 0.5) is 0 Å². The monoisotopic (exact) mass is 479 g/mol. The number of aldehydes is 1. The van der Waals surface area contributed by atoms with Crippen molar-refractivity contribution in [1.82, 2.24) is 10.2 Å². The highest BCUT2D eigenvalue weighted by Gasteiger charge is 2.22. The number of rotatable bonds is 14. The lowest BCUT2D eigenvalue weighted by Gasteiger charge is -2.28. The zero-order chi connectivity index (χ0) is 24.9. The second-order valence-electron chi connectivity index (χ2n) is 10.1. The van der Waals surface area contributed by atoms with Crippen molar-refractivity contribution in [3.8, 4) is 5.75 Å². The fraction of sp³-hybridized carbons (Fsp3) is 0.567. The Hall–Kier alpha value is -2.37. The molecule has 1 heterocycles. The summed E-state index contributed by atoms with van der Waals surface area (Å²) in [4.78, 5) is 13.9. The van der Waals surface area contributed by atoms with Gasteiger partial charge in [-0.1, -0.05) is 42.8 Å². The summed E-state index contributed by atoms with van der Waals surface area (Å²) in [5, 5.41) is 3.61. The maximum Gasteiger partial charge on any atom is 0.139 e. The Morgan fingerprint density at radius 2 is 1.91 bits per heavy atom. The van der Waals surface area contributed by atoms with Crippen LogP contribution in [0, 0.1) is 0 Å². The standard InChI is InChI=1S/C30H45N3O2/c1-3-30(31,24-34)18-21-33(22-23-35-28-12-5-4-6-13-28)20-8-7-10-26-15-16-27-11-9-19-32-29(27)17-14-25(26)2/h4-6,12-13,15-16,24,32H,3,7-11,14,17-23,31H2,1-2H3/b16-15-,26-25-. The smallest absolute Gasteiger partial charge is 0.139 e. The number of nitrogens with two attached hydrogens (primary N) is 1. The first-order valence-corrected chi connectivity index (χ1v) is 13.5. The summed E-state index contributed by atoms with van der Waals surface area (Å²) in [7, 11) is 0. The number of benzene rings is 1. The molecule has 1 aliphatic heterocycles. The van der Waals surface area contributed by atoms with Crippen LogP contribution < -0.4 is 15.8 Å². The molecule has 192 valence electrons. The van der Waals surface area contributed by atoms with E-state index in [1.165, 1.54) is 35.3 Å². The molecule has 1 aromatic rings. The average molecular weight is 480 g/mol. The third-order valence-electron chi connectivity index (χ3n) is 7.51. The zero-order valence-corrected chi connectivity index (χ0v) is 21.9. The fourth-order valence-corrected chi connectivity index (χ4v) is 4.81. The molecule has 0 fully saturated rings. The van der Waals surface area contributed by atoms with Crippen LogP contribution in [0.25, 0.3) is 0 Å². The van der Waals surface area contributed by atoms with E-state index in [9.17, 15) is 4.79 Å². The highest BCUT2D eigenvalue weighted by atomic mass is 16.5. The van der Waals surface area contributed by atoms with Gasteiger partial charge < -0.3 is 20.6 Å². The van der Waals surface area contributed by atoms with Gasteiger partial charge >= 0.3 is 0 Å². The minimum atomic E-state index is -0.731. The van der Waals surface area contributed by atoms with E-state index >= 15 is 0 Å². The molecule has 0 spiro atoms. The van der Waals surface area contributed by atoms with E-state index < -0.39 is 5.54 Å². The Kier molecular flexibility index (Phi) is 11.1. The topological polar surface area (TPSA) is 67.6 Å². The van der Waals surface area contributed by atoms with Crippen molar-refractivity contribution >= 4 is 6.29 Å². The summed E-state index contributed by atoms with van der Waals surface area (Å²) >= 11 is 0. The van der Waals surface area contributed by atoms with Crippen molar-refractivity contribution in [3.63, 3.8) is 0 Å². The van der Waals surface area contributed by atoms with Crippen LogP contribution in [-0.2, 0) is 4.79 Å². The van der Waals surface area contributed by atoms with E-state index in [2.05, 4.69) is 29.3 Å². The highest BCUT2D eigenvalue weighted by molar-refractivity contribution is 5.63. The van der Waals surface area contributed by atoms with Crippen LogP contribution in [0.3, 0.4) is 0 Å². The van der Waals surface area contributed by atoms with Gasteiger partial charge in [-0.2, -0.15) is 0 Å². The first-order chi connectivity index (χ1) is 17.0. The molecule has 3 N–H and O–H groups in total. The largest absolute Gasteiger partial charge is 0.492 e. The molecule has 0 aromatic heterocycles. The predicted molar refractivity (Wildman–Crippen MR) is 145 cm³/mol. The Morgan fingerprint density at radius 3 is 2.69 bits per heavy atom. The number of allylic oxidation sites excluding steroid dienone is 6. The van der Waals surface area contributed by atoms with Crippen molar-refractivity contribution in [1.29, 1.82) is 0 Å². The van der Waals surface area contributed by atoms with Crippen LogP contribution in [0.15, 0.2) is 64.9 Å². The predicted octanol–water partition coefficient (Wildman–Crippen LogP) is 5.54. The van der Waals surface area contributed by atoms with Gasteiger partial charge in [0.1, 0.15) is 18.6 Å². The number of carbonyl (C=O) groups is 1. The molecule has 2 aliphatic rings. The first kappa shape index (κ1) is 27.2. The molecule has 0 amide bonds. The Morgan fingerprint density at radius 1 is 1.09 bits per heavy atom. The highest BCUT2D eigenvalue weighted by Crippen LogP contribution is 2.28. The lowest BCUT2D eigenvalue weighted by Crippen LogP contribution is -2.44. The number of para-hydroxylation sites is 1. The van der Waals surface area contributed by atoms with Gasteiger partial charge in [0, 0.05) is 25.3 Å². The minimum Gasteiger partial charge on any atom is -0.492 e. The van der Waals surface area contributed by atoms with Gasteiger partial charge in [-0.3, -0.25) is 4.90 Å². The number of unbranched alkanes of at least 4 members (excludes halogenated alkanes) is 1. The summed E-state index contributed by atoms with van der Waals surface area (Å²) in [6.07, 6.45) is 15.1. The van der Waals surface area contributed by atoms with Crippen molar-refractivity contribution in [2.24, 2.45) is 5.73 Å². The van der Waals surface area contributed by atoms with E-state index in [-0.39, 0.29) is 0 Å². The third-order valence-corrected chi connectivity index (χ3v) is 7.51. The summed E-state index contributed by atoms with van der Waals surface area (Å²) in [5.41, 5.74) is 11.5. The van der Waals surface area contributed by atoms with Crippen LogP contribution >= 0.6 is 0 Å². The maximum absolute atomic E-state index is 11.5. The second kappa shape index (κ2) is 14.3. The second-order valence-corrected chi connectivity index (χ2v) is 10.1. The number of hydrogen-bond acceptors (Lipinski definition) is 5. The van der Waals surface area contributed by atoms with Gasteiger partial charge in [-0.25, -0.2) is 0 Å². The third kappa shape index (κ3) is 8.97. The molecule has 0 saturated carbocycles. The summed E-state index contributed by atoms with van der Waals surface area (Å²) in [5.74, 6) is 0.895. The summed E-state index contributed by atoms with van der Waals surface area (Å²) in [6, 6.07) is 9.95. The Bertz CT molecular complexity index is 890. The molecule has 1 atom stereocenters. The number of carbonyl (C=O) groups excluding carboxylic acids is 1. The molecule has 35 heavy (non-hydrogen) atoms. The summed E-state index contributed by atoms with van der Waals surface area (Å²) < 4.78 is 5.94.